The molecular formula is C12H16F2O2. The Morgan fingerprint density at radius 3 is 2.56 bits per heavy atom. The van der Waals surface area contributed by atoms with Crippen LogP contribution in [0.3, 0.4) is 0 Å². The maximum absolute atomic E-state index is 13.4. The lowest BCUT2D eigenvalue weighted by Gasteiger charge is -2.13. The Balaban J connectivity index is 2.94. The van der Waals surface area contributed by atoms with Crippen LogP contribution in [-0.4, -0.2) is 18.3 Å². The molecule has 1 rings (SSSR count). The second-order valence-electron chi connectivity index (χ2n) is 4.05. The van der Waals surface area contributed by atoms with Crippen molar-refractivity contribution in [1.82, 2.24) is 0 Å². The predicted molar refractivity (Wildman–Crippen MR) is 57.5 cm³/mol. The normalized spacial score (nSPS) is 10.9. The molecule has 0 bridgehead atoms. The van der Waals surface area contributed by atoms with Crippen LogP contribution in [0, 0.1) is 17.6 Å². The lowest BCUT2D eigenvalue weighted by atomic mass is 10.1. The van der Waals surface area contributed by atoms with Gasteiger partial charge in [-0.2, -0.15) is 0 Å². The van der Waals surface area contributed by atoms with Crippen LogP contribution in [0.1, 0.15) is 19.4 Å². The summed E-state index contributed by atoms with van der Waals surface area (Å²) in [5, 5.41) is 8.80. The predicted octanol–water partition coefficient (Wildman–Crippen LogP) is 2.53. The molecule has 0 amide bonds. The molecule has 0 aliphatic carbocycles. The van der Waals surface area contributed by atoms with Gasteiger partial charge in [-0.25, -0.2) is 8.78 Å². The standard InChI is InChI=1S/C12H16F2O2/c1-8(2)7-16-12-9(3-4-15)5-10(13)6-11(12)14/h5-6,8,15H,3-4,7H2,1-2H3. The highest BCUT2D eigenvalue weighted by molar-refractivity contribution is 5.35. The molecule has 0 aliphatic rings. The largest absolute Gasteiger partial charge is 0.490 e. The molecule has 0 spiro atoms. The highest BCUT2D eigenvalue weighted by Crippen LogP contribution is 2.25. The van der Waals surface area contributed by atoms with Gasteiger partial charge in [-0.15, -0.1) is 0 Å². The zero-order valence-corrected chi connectivity index (χ0v) is 9.46. The van der Waals surface area contributed by atoms with Crippen LogP contribution < -0.4 is 4.74 Å². The van der Waals surface area contributed by atoms with E-state index in [-0.39, 0.29) is 24.7 Å². The number of hydrogen-bond acceptors (Lipinski definition) is 2. The van der Waals surface area contributed by atoms with E-state index in [0.29, 0.717) is 12.2 Å². The Morgan fingerprint density at radius 1 is 1.31 bits per heavy atom. The summed E-state index contributed by atoms with van der Waals surface area (Å²) < 4.78 is 31.7. The summed E-state index contributed by atoms with van der Waals surface area (Å²) in [6.45, 7) is 4.07. The van der Waals surface area contributed by atoms with Gasteiger partial charge < -0.3 is 9.84 Å². The summed E-state index contributed by atoms with van der Waals surface area (Å²) in [6, 6.07) is 1.98. The van der Waals surface area contributed by atoms with Crippen LogP contribution in [0.5, 0.6) is 5.75 Å². The summed E-state index contributed by atoms with van der Waals surface area (Å²) in [5.74, 6) is -1.07. The average molecular weight is 230 g/mol. The molecule has 0 aromatic heterocycles. The molecule has 0 radical (unpaired) electrons. The first kappa shape index (κ1) is 12.9. The molecule has 1 aromatic carbocycles. The van der Waals surface area contributed by atoms with Crippen molar-refractivity contribution < 1.29 is 18.6 Å². The molecule has 0 fully saturated rings. The van der Waals surface area contributed by atoms with Gasteiger partial charge in [0, 0.05) is 18.2 Å². The number of aliphatic hydroxyl groups is 1. The number of hydrogen-bond donors (Lipinski definition) is 1. The van der Waals surface area contributed by atoms with Crippen LogP contribution in [-0.2, 0) is 6.42 Å². The summed E-state index contributed by atoms with van der Waals surface area (Å²) in [6.07, 6.45) is 0.183. The van der Waals surface area contributed by atoms with Gasteiger partial charge in [0.15, 0.2) is 11.6 Å². The zero-order chi connectivity index (χ0) is 12.1. The number of rotatable bonds is 5. The average Bonchev–Trinajstić information content (AvgIpc) is 2.16. The van der Waals surface area contributed by atoms with Crippen molar-refractivity contribution in [2.24, 2.45) is 5.92 Å². The molecule has 4 heteroatoms. The van der Waals surface area contributed by atoms with E-state index in [1.165, 1.54) is 6.07 Å². The fraction of sp³-hybridized carbons (Fsp3) is 0.500. The van der Waals surface area contributed by atoms with Gasteiger partial charge in [0.25, 0.3) is 0 Å². The monoisotopic (exact) mass is 230 g/mol. The summed E-state index contributed by atoms with van der Waals surface area (Å²) in [4.78, 5) is 0. The minimum absolute atomic E-state index is 0.0455. The molecule has 16 heavy (non-hydrogen) atoms. The van der Waals surface area contributed by atoms with Crippen molar-refractivity contribution in [2.75, 3.05) is 13.2 Å². The third kappa shape index (κ3) is 3.45. The van der Waals surface area contributed by atoms with Crippen LogP contribution in [0.25, 0.3) is 0 Å². The topological polar surface area (TPSA) is 29.5 Å². The first-order valence-electron chi connectivity index (χ1n) is 5.26. The molecule has 1 N–H and O–H groups in total. The SMILES string of the molecule is CC(C)COc1c(F)cc(F)cc1CCO. The van der Waals surface area contributed by atoms with E-state index in [1.54, 1.807) is 0 Å². The van der Waals surface area contributed by atoms with E-state index < -0.39 is 11.6 Å². The Bertz CT molecular complexity index is 351. The zero-order valence-electron chi connectivity index (χ0n) is 9.46. The van der Waals surface area contributed by atoms with E-state index in [4.69, 9.17) is 9.84 Å². The van der Waals surface area contributed by atoms with Crippen molar-refractivity contribution in [3.63, 3.8) is 0 Å². The van der Waals surface area contributed by atoms with Gasteiger partial charge >= 0.3 is 0 Å². The number of benzene rings is 1. The van der Waals surface area contributed by atoms with Gasteiger partial charge in [0.1, 0.15) is 5.82 Å². The Morgan fingerprint density at radius 2 is 2.00 bits per heavy atom. The van der Waals surface area contributed by atoms with E-state index in [9.17, 15) is 8.78 Å². The molecule has 0 aliphatic heterocycles. The number of ether oxygens (including phenoxy) is 1. The molecule has 1 aromatic rings. The summed E-state index contributed by atoms with van der Waals surface area (Å²) in [5.41, 5.74) is 0.362. The van der Waals surface area contributed by atoms with Crippen molar-refractivity contribution in [3.05, 3.63) is 29.3 Å². The molecule has 0 atom stereocenters. The van der Waals surface area contributed by atoms with Gasteiger partial charge in [-0.3, -0.25) is 0 Å². The minimum Gasteiger partial charge on any atom is -0.490 e. The third-order valence-corrected chi connectivity index (χ3v) is 2.03. The van der Waals surface area contributed by atoms with Crippen molar-refractivity contribution in [3.8, 4) is 5.75 Å². The van der Waals surface area contributed by atoms with Crippen molar-refractivity contribution >= 4 is 0 Å². The van der Waals surface area contributed by atoms with Crippen molar-refractivity contribution in [1.29, 1.82) is 0 Å². The van der Waals surface area contributed by atoms with Gasteiger partial charge in [0.05, 0.1) is 6.61 Å². The number of aliphatic hydroxyl groups excluding tert-OH is 1. The van der Waals surface area contributed by atoms with E-state index in [1.807, 2.05) is 13.8 Å². The van der Waals surface area contributed by atoms with Crippen molar-refractivity contribution in [2.45, 2.75) is 20.3 Å². The van der Waals surface area contributed by atoms with Crippen LogP contribution in [0.15, 0.2) is 12.1 Å². The number of halogens is 2. The quantitative estimate of drug-likeness (QED) is 0.842. The second kappa shape index (κ2) is 5.80. The molecule has 90 valence electrons. The third-order valence-electron chi connectivity index (χ3n) is 2.03. The maximum atomic E-state index is 13.4. The smallest absolute Gasteiger partial charge is 0.168 e. The van der Waals surface area contributed by atoms with Crippen LogP contribution in [0.2, 0.25) is 0 Å². The Labute approximate surface area is 93.9 Å². The fourth-order valence-electron chi connectivity index (χ4n) is 1.33. The summed E-state index contributed by atoms with van der Waals surface area (Å²) >= 11 is 0. The molecule has 0 unspecified atom stereocenters. The first-order chi connectivity index (χ1) is 7.54. The van der Waals surface area contributed by atoms with Crippen LogP contribution >= 0.6 is 0 Å². The second-order valence-corrected chi connectivity index (χ2v) is 4.05. The van der Waals surface area contributed by atoms with Crippen LogP contribution in [0.4, 0.5) is 8.78 Å². The molecule has 0 saturated carbocycles. The maximum Gasteiger partial charge on any atom is 0.168 e. The minimum atomic E-state index is -0.718. The molecule has 0 saturated heterocycles. The Hall–Kier alpha value is -1.16. The Kier molecular flexibility index (Phi) is 4.68. The van der Waals surface area contributed by atoms with E-state index in [0.717, 1.165) is 6.07 Å². The first-order valence-corrected chi connectivity index (χ1v) is 5.26. The lowest BCUT2D eigenvalue weighted by Crippen LogP contribution is -2.09. The molecule has 2 nitrogen and oxygen atoms in total. The van der Waals surface area contributed by atoms with E-state index >= 15 is 0 Å². The van der Waals surface area contributed by atoms with Gasteiger partial charge in [0.2, 0.25) is 0 Å². The molecule has 0 heterocycles. The molecular weight excluding hydrogens is 214 g/mol. The highest BCUT2D eigenvalue weighted by Gasteiger charge is 2.13. The lowest BCUT2D eigenvalue weighted by molar-refractivity contribution is 0.251. The van der Waals surface area contributed by atoms with Gasteiger partial charge in [-0.05, 0) is 18.4 Å². The van der Waals surface area contributed by atoms with E-state index in [2.05, 4.69) is 0 Å². The highest BCUT2D eigenvalue weighted by atomic mass is 19.1. The summed E-state index contributed by atoms with van der Waals surface area (Å²) in [7, 11) is 0. The van der Waals surface area contributed by atoms with Gasteiger partial charge in [-0.1, -0.05) is 13.8 Å². The fourth-order valence-corrected chi connectivity index (χ4v) is 1.33.